The molecule has 0 aromatic heterocycles. The number of likely N-dealkylation sites (N-methyl/N-ethyl adjacent to an activating group) is 1. The highest BCUT2D eigenvalue weighted by Crippen LogP contribution is 2.45. The van der Waals surface area contributed by atoms with Crippen molar-refractivity contribution >= 4 is 11.3 Å². The van der Waals surface area contributed by atoms with Crippen LogP contribution in [0.4, 0.5) is 5.69 Å². The van der Waals surface area contributed by atoms with Crippen molar-refractivity contribution in [3.63, 3.8) is 0 Å². The lowest BCUT2D eigenvalue weighted by Crippen LogP contribution is -3.14. The summed E-state index contributed by atoms with van der Waals surface area (Å²) in [5.74, 6) is 1.98. The van der Waals surface area contributed by atoms with E-state index in [4.69, 9.17) is 4.74 Å². The number of allylic oxidation sites excluding steroid dienone is 1. The zero-order valence-electron chi connectivity index (χ0n) is 26.1. The zero-order chi connectivity index (χ0) is 28.8. The number of hydrogen-bond donors (Lipinski definition) is 1. The highest BCUT2D eigenvalue weighted by molar-refractivity contribution is 5.92. The number of anilines is 1. The number of rotatable bonds is 12. The van der Waals surface area contributed by atoms with Gasteiger partial charge >= 0.3 is 0 Å². The van der Waals surface area contributed by atoms with Crippen molar-refractivity contribution in [2.75, 3.05) is 63.8 Å². The van der Waals surface area contributed by atoms with Gasteiger partial charge in [-0.1, -0.05) is 37.6 Å². The van der Waals surface area contributed by atoms with Crippen LogP contribution in [0, 0.1) is 0 Å². The Balaban J connectivity index is 1.53. The minimum absolute atomic E-state index is 0.330. The Kier molecular flexibility index (Phi) is 10.0. The fourth-order valence-electron chi connectivity index (χ4n) is 6.70. The standard InChI is InChI=1S/C36H50N4O/c1-6-11-20-37-21-23-38(24-22-37)27-28-14-12-13-15-31(28)36-32-18-16-29(39(7-2)8-3)25-34(32)41-35-26-30(17-19-33(35)36)40(9-4)10-5/h12-19,25-26,29H,6-11,20-24,27H2,1-5H3/p+1. The van der Waals surface area contributed by atoms with Crippen molar-refractivity contribution in [1.82, 2.24) is 9.80 Å². The van der Waals surface area contributed by atoms with E-state index in [0.29, 0.717) is 6.04 Å². The van der Waals surface area contributed by atoms with Gasteiger partial charge in [-0.3, -0.25) is 4.90 Å². The average molecular weight is 556 g/mol. The molecule has 1 aliphatic carbocycles. The molecule has 0 amide bonds. The third-order valence-corrected chi connectivity index (χ3v) is 9.27. The molecule has 1 saturated heterocycles. The Morgan fingerprint density at radius 3 is 2.32 bits per heavy atom. The van der Waals surface area contributed by atoms with Gasteiger partial charge in [0.1, 0.15) is 17.6 Å². The van der Waals surface area contributed by atoms with Crippen LogP contribution in [0.25, 0.3) is 5.57 Å². The molecule has 5 heteroatoms. The van der Waals surface area contributed by atoms with Crippen LogP contribution in [0.15, 0.2) is 72.0 Å². The van der Waals surface area contributed by atoms with Gasteiger partial charge in [0.15, 0.2) is 0 Å². The van der Waals surface area contributed by atoms with E-state index in [9.17, 15) is 0 Å². The van der Waals surface area contributed by atoms with Crippen molar-refractivity contribution in [3.8, 4) is 5.75 Å². The second-order valence-corrected chi connectivity index (χ2v) is 11.7. The van der Waals surface area contributed by atoms with Crippen LogP contribution < -0.4 is 14.5 Å². The number of hydrogen-bond acceptors (Lipinski definition) is 4. The Morgan fingerprint density at radius 1 is 0.878 bits per heavy atom. The van der Waals surface area contributed by atoms with E-state index in [2.05, 4.69) is 110 Å². The SMILES string of the molecule is CCCCN1CCN(Cc2ccccc2C2=C3C=CC([NH+](CC)CC)C=C3Oc3cc(N(CC)CC)ccc32)CC1. The molecule has 3 aliphatic rings. The minimum Gasteiger partial charge on any atom is -0.456 e. The summed E-state index contributed by atoms with van der Waals surface area (Å²) < 4.78 is 6.77. The van der Waals surface area contributed by atoms with Crippen LogP contribution in [0.3, 0.4) is 0 Å². The number of nitrogens with one attached hydrogen (secondary N) is 1. The molecule has 1 unspecified atom stereocenters. The van der Waals surface area contributed by atoms with Crippen molar-refractivity contribution in [2.24, 2.45) is 0 Å². The van der Waals surface area contributed by atoms with Gasteiger partial charge in [0.05, 0.1) is 13.1 Å². The summed E-state index contributed by atoms with van der Waals surface area (Å²) in [7, 11) is 0. The van der Waals surface area contributed by atoms with E-state index in [1.165, 1.54) is 66.0 Å². The van der Waals surface area contributed by atoms with Crippen LogP contribution in [0.1, 0.15) is 64.2 Å². The largest absolute Gasteiger partial charge is 0.456 e. The molecule has 1 fully saturated rings. The fourth-order valence-corrected chi connectivity index (χ4v) is 6.70. The van der Waals surface area contributed by atoms with Crippen molar-refractivity contribution < 1.29 is 9.64 Å². The van der Waals surface area contributed by atoms with Crippen LogP contribution in [-0.2, 0) is 6.54 Å². The number of benzene rings is 2. The number of piperazine rings is 1. The van der Waals surface area contributed by atoms with Crippen LogP contribution in [0.2, 0.25) is 0 Å². The highest BCUT2D eigenvalue weighted by Gasteiger charge is 2.31. The summed E-state index contributed by atoms with van der Waals surface area (Å²) in [6, 6.07) is 16.2. The third-order valence-electron chi connectivity index (χ3n) is 9.27. The normalized spacial score (nSPS) is 19.2. The van der Waals surface area contributed by atoms with Crippen LogP contribution >= 0.6 is 0 Å². The van der Waals surface area contributed by atoms with Gasteiger partial charge in [0.2, 0.25) is 0 Å². The first kappa shape index (κ1) is 29.6. The molecule has 0 spiro atoms. The fraction of sp³-hybridized carbons (Fsp3) is 0.500. The predicted octanol–water partition coefficient (Wildman–Crippen LogP) is 5.39. The maximum atomic E-state index is 6.77. The molecule has 5 nitrogen and oxygen atoms in total. The van der Waals surface area contributed by atoms with Gasteiger partial charge in [-0.15, -0.1) is 0 Å². The van der Waals surface area contributed by atoms with E-state index in [-0.39, 0.29) is 0 Å². The molecule has 41 heavy (non-hydrogen) atoms. The van der Waals surface area contributed by atoms with Crippen molar-refractivity contribution in [1.29, 1.82) is 0 Å². The highest BCUT2D eigenvalue weighted by atomic mass is 16.5. The molecule has 0 saturated carbocycles. The Bertz CT molecular complexity index is 1260. The summed E-state index contributed by atoms with van der Waals surface area (Å²) in [4.78, 5) is 9.23. The topological polar surface area (TPSA) is 23.4 Å². The van der Waals surface area contributed by atoms with E-state index in [1.54, 1.807) is 4.90 Å². The molecular weight excluding hydrogens is 504 g/mol. The van der Waals surface area contributed by atoms with Gasteiger partial charge in [0, 0.05) is 80.4 Å². The number of unbranched alkanes of at least 4 members (excludes halogenated alkanes) is 1. The number of ether oxygens (including phenoxy) is 1. The predicted molar refractivity (Wildman–Crippen MR) is 173 cm³/mol. The summed E-state index contributed by atoms with van der Waals surface area (Å²) >= 11 is 0. The monoisotopic (exact) mass is 555 g/mol. The number of fused-ring (bicyclic) bond motifs is 2. The van der Waals surface area contributed by atoms with Gasteiger partial charge in [-0.2, -0.15) is 0 Å². The van der Waals surface area contributed by atoms with Gasteiger partial charge in [-0.25, -0.2) is 0 Å². The molecule has 220 valence electrons. The first-order chi connectivity index (χ1) is 20.1. The molecule has 2 aromatic carbocycles. The second-order valence-electron chi connectivity index (χ2n) is 11.7. The van der Waals surface area contributed by atoms with E-state index < -0.39 is 0 Å². The number of quaternary nitrogens is 1. The smallest absolute Gasteiger partial charge is 0.137 e. The summed E-state index contributed by atoms with van der Waals surface area (Å²) in [5, 5.41) is 0. The van der Waals surface area contributed by atoms with E-state index in [1.807, 2.05) is 0 Å². The van der Waals surface area contributed by atoms with Gasteiger partial charge in [-0.05, 0) is 76.1 Å². The van der Waals surface area contributed by atoms with Crippen molar-refractivity contribution in [3.05, 3.63) is 88.7 Å². The lowest BCUT2D eigenvalue weighted by molar-refractivity contribution is -0.908. The van der Waals surface area contributed by atoms with Crippen molar-refractivity contribution in [2.45, 2.75) is 60.0 Å². The molecule has 1 atom stereocenters. The molecule has 1 N–H and O–H groups in total. The lowest BCUT2D eigenvalue weighted by atomic mass is 9.84. The molecule has 0 radical (unpaired) electrons. The molecule has 2 aromatic rings. The summed E-state index contributed by atoms with van der Waals surface area (Å²) in [6.45, 7) is 22.3. The minimum atomic E-state index is 0.330. The third kappa shape index (κ3) is 6.48. The zero-order valence-corrected chi connectivity index (χ0v) is 26.1. The quantitative estimate of drug-likeness (QED) is 0.379. The molecule has 2 aliphatic heterocycles. The Hall–Kier alpha value is -2.86. The number of nitrogens with zero attached hydrogens (tertiary/aromatic N) is 3. The first-order valence-electron chi connectivity index (χ1n) is 16.2. The summed E-state index contributed by atoms with van der Waals surface area (Å²) in [5.41, 5.74) is 7.69. The second kappa shape index (κ2) is 13.9. The average Bonchev–Trinajstić information content (AvgIpc) is 3.01. The maximum Gasteiger partial charge on any atom is 0.137 e. The molecular formula is C36H51N4O+. The summed E-state index contributed by atoms with van der Waals surface area (Å²) in [6.07, 6.45) is 9.66. The van der Waals surface area contributed by atoms with Crippen LogP contribution in [0.5, 0.6) is 5.75 Å². The molecule has 0 bridgehead atoms. The first-order valence-corrected chi connectivity index (χ1v) is 16.2. The Labute approximate surface area is 248 Å². The molecule has 5 rings (SSSR count). The van der Waals surface area contributed by atoms with E-state index in [0.717, 1.165) is 57.3 Å². The molecule has 2 heterocycles. The lowest BCUT2D eigenvalue weighted by Gasteiger charge is -2.35. The maximum absolute atomic E-state index is 6.77. The van der Waals surface area contributed by atoms with E-state index >= 15 is 0 Å². The Morgan fingerprint density at radius 2 is 1.61 bits per heavy atom. The van der Waals surface area contributed by atoms with Gasteiger partial charge in [0.25, 0.3) is 0 Å². The van der Waals surface area contributed by atoms with Gasteiger partial charge < -0.3 is 19.4 Å². The van der Waals surface area contributed by atoms with Crippen LogP contribution in [-0.4, -0.2) is 74.7 Å².